The average molecular weight is 360 g/mol. The van der Waals surface area contributed by atoms with Gasteiger partial charge in [0, 0.05) is 50.6 Å². The fraction of sp³-hybridized carbons (Fsp3) is 0.643. The number of carbonyl (C=O) groups is 1. The second kappa shape index (κ2) is 8.00. The van der Waals surface area contributed by atoms with Crippen LogP contribution in [0.25, 0.3) is 0 Å². The normalized spacial score (nSPS) is 16.2. The van der Waals surface area contributed by atoms with E-state index in [1.165, 1.54) is 0 Å². The highest BCUT2D eigenvalue weighted by Crippen LogP contribution is 2.16. The Kier molecular flexibility index (Phi) is 6.23. The molecule has 1 aromatic rings. The minimum atomic E-state index is -5.17. The summed E-state index contributed by atoms with van der Waals surface area (Å²) in [4.78, 5) is 23.1. The van der Waals surface area contributed by atoms with Crippen LogP contribution in [0.3, 0.4) is 0 Å². The lowest BCUT2D eigenvalue weighted by atomic mass is 9.82. The molecule has 0 spiro atoms. The van der Waals surface area contributed by atoms with Crippen LogP contribution >= 0.6 is 0 Å². The number of piperazine rings is 1. The zero-order chi connectivity index (χ0) is 18.6. The number of carbonyl (C=O) groups excluding carboxylic acids is 1. The van der Waals surface area contributed by atoms with Crippen molar-refractivity contribution in [2.75, 3.05) is 37.6 Å². The number of rotatable bonds is 5. The maximum absolute atomic E-state index is 12.1. The fourth-order valence-corrected chi connectivity index (χ4v) is 2.51. The van der Waals surface area contributed by atoms with Gasteiger partial charge in [0.2, 0.25) is 5.95 Å². The number of halogens is 3. The van der Waals surface area contributed by atoms with Crippen molar-refractivity contribution in [2.45, 2.75) is 20.0 Å². The van der Waals surface area contributed by atoms with E-state index in [0.717, 1.165) is 45.1 Å². The first-order chi connectivity index (χ1) is 11.7. The summed E-state index contributed by atoms with van der Waals surface area (Å²) < 4.78 is 40.3. The van der Waals surface area contributed by atoms with Crippen LogP contribution in [0.2, 0.25) is 0 Å². The summed E-state index contributed by atoms with van der Waals surface area (Å²) in [5.74, 6) is -1.46. The molecule has 1 aliphatic heterocycles. The number of alkyl halides is 3. The first-order valence-electron chi connectivity index (χ1n) is 7.92. The van der Waals surface area contributed by atoms with E-state index in [2.05, 4.69) is 33.4 Å². The fourth-order valence-electron chi connectivity index (χ4n) is 2.51. The van der Waals surface area contributed by atoms with Crippen molar-refractivity contribution in [2.24, 2.45) is 5.92 Å². The second-order valence-electron chi connectivity index (χ2n) is 6.25. The van der Waals surface area contributed by atoms with E-state index in [4.69, 9.17) is 0 Å². The Bertz CT molecular complexity index is 578. The van der Waals surface area contributed by atoms with Gasteiger partial charge in [0.25, 0.3) is 0 Å². The quantitative estimate of drug-likeness (QED) is 0.744. The molecule has 7 nitrogen and oxygen atoms in total. The highest BCUT2D eigenvalue weighted by atomic mass is 19.4. The summed E-state index contributed by atoms with van der Waals surface area (Å²) in [6.45, 7) is 8.54. The molecule has 2 heterocycles. The summed E-state index contributed by atoms with van der Waals surface area (Å²) in [6.07, 6.45) is -2.87. The lowest BCUT2D eigenvalue weighted by Crippen LogP contribution is -2.48. The summed E-state index contributed by atoms with van der Waals surface area (Å²) in [7, 11) is -2.06. The van der Waals surface area contributed by atoms with Crippen LogP contribution in [0, 0.1) is 5.92 Å². The maximum atomic E-state index is 12.1. The minimum absolute atomic E-state index is 0.125. The number of hydrogen-bond donors (Lipinski definition) is 1. The Morgan fingerprint density at radius 2 is 1.84 bits per heavy atom. The van der Waals surface area contributed by atoms with Crippen molar-refractivity contribution < 1.29 is 27.6 Å². The van der Waals surface area contributed by atoms with Crippen molar-refractivity contribution in [3.05, 3.63) is 12.4 Å². The van der Waals surface area contributed by atoms with E-state index in [1.807, 2.05) is 4.90 Å². The zero-order valence-corrected chi connectivity index (χ0v) is 14.0. The largest absolute Gasteiger partial charge is 0.565 e. The summed E-state index contributed by atoms with van der Waals surface area (Å²) in [5, 5.41) is 9.53. The SMILES string of the molecule is CC(C)CN1CCN(c2ncc(B(O)OC(=O)C(F)(F)F)cn2)CC1. The van der Waals surface area contributed by atoms with Gasteiger partial charge >= 0.3 is 19.3 Å². The molecule has 1 fully saturated rings. The van der Waals surface area contributed by atoms with Gasteiger partial charge in [-0.15, -0.1) is 0 Å². The van der Waals surface area contributed by atoms with Gasteiger partial charge in [-0.05, 0) is 5.92 Å². The molecule has 0 radical (unpaired) electrons. The smallest absolute Gasteiger partial charge is 0.499 e. The van der Waals surface area contributed by atoms with E-state index in [9.17, 15) is 23.0 Å². The molecular weight excluding hydrogens is 340 g/mol. The Balaban J connectivity index is 1.91. The molecule has 25 heavy (non-hydrogen) atoms. The molecule has 138 valence electrons. The van der Waals surface area contributed by atoms with Gasteiger partial charge in [-0.3, -0.25) is 4.90 Å². The lowest BCUT2D eigenvalue weighted by Gasteiger charge is -2.35. The van der Waals surface area contributed by atoms with Gasteiger partial charge in [0.05, 0.1) is 0 Å². The number of anilines is 1. The summed E-state index contributed by atoms with van der Waals surface area (Å²) in [6, 6.07) is 0. The molecule has 0 saturated carbocycles. The van der Waals surface area contributed by atoms with Crippen LogP contribution < -0.4 is 10.4 Å². The molecule has 2 rings (SSSR count). The van der Waals surface area contributed by atoms with Gasteiger partial charge in [-0.1, -0.05) is 13.8 Å². The predicted octanol–water partition coefficient (Wildman–Crippen LogP) is 0.0476. The van der Waals surface area contributed by atoms with Crippen LogP contribution in [0.4, 0.5) is 19.1 Å². The topological polar surface area (TPSA) is 78.8 Å². The number of aromatic nitrogens is 2. The first kappa shape index (κ1) is 19.4. The first-order valence-corrected chi connectivity index (χ1v) is 7.92. The van der Waals surface area contributed by atoms with Gasteiger partial charge < -0.3 is 14.6 Å². The van der Waals surface area contributed by atoms with Crippen molar-refractivity contribution in [3.8, 4) is 0 Å². The van der Waals surface area contributed by atoms with Crippen LogP contribution in [0.15, 0.2) is 12.4 Å². The Labute approximate surface area is 143 Å². The minimum Gasteiger partial charge on any atom is -0.499 e. The number of hydrogen-bond acceptors (Lipinski definition) is 7. The second-order valence-corrected chi connectivity index (χ2v) is 6.25. The molecular formula is C14H20BF3N4O3. The Morgan fingerprint density at radius 1 is 1.28 bits per heavy atom. The molecule has 1 N–H and O–H groups in total. The molecule has 0 amide bonds. The van der Waals surface area contributed by atoms with Crippen molar-refractivity contribution in [1.29, 1.82) is 0 Å². The van der Waals surface area contributed by atoms with Gasteiger partial charge in [0.1, 0.15) is 0 Å². The summed E-state index contributed by atoms with van der Waals surface area (Å²) >= 11 is 0. The van der Waals surface area contributed by atoms with Crippen LogP contribution in [-0.2, 0) is 9.45 Å². The predicted molar refractivity (Wildman–Crippen MR) is 85.3 cm³/mol. The maximum Gasteiger partial charge on any atom is 0.565 e. The zero-order valence-electron chi connectivity index (χ0n) is 14.0. The van der Waals surface area contributed by atoms with Crippen molar-refractivity contribution in [1.82, 2.24) is 14.9 Å². The van der Waals surface area contributed by atoms with E-state index in [1.54, 1.807) is 0 Å². The third kappa shape index (κ3) is 5.57. The average Bonchev–Trinajstić information content (AvgIpc) is 2.54. The van der Waals surface area contributed by atoms with E-state index in [-0.39, 0.29) is 5.46 Å². The molecule has 1 saturated heterocycles. The monoisotopic (exact) mass is 360 g/mol. The highest BCUT2D eigenvalue weighted by Gasteiger charge is 2.43. The standard InChI is InChI=1S/C14H20BF3N4O3/c1-10(2)9-21-3-5-22(6-4-21)13-19-7-11(8-20-13)15(24)25-12(23)14(16,17)18/h7-8,10,24H,3-6,9H2,1-2H3. The van der Waals surface area contributed by atoms with E-state index >= 15 is 0 Å². The van der Waals surface area contributed by atoms with Crippen LogP contribution in [-0.4, -0.2) is 71.9 Å². The Hall–Kier alpha value is -1.88. The molecule has 11 heteroatoms. The summed E-state index contributed by atoms with van der Waals surface area (Å²) in [5.41, 5.74) is -0.125. The molecule has 1 aromatic heterocycles. The molecule has 0 bridgehead atoms. The molecule has 0 unspecified atom stereocenters. The number of nitrogens with zero attached hydrogens (tertiary/aromatic N) is 4. The molecule has 0 aromatic carbocycles. The van der Waals surface area contributed by atoms with Gasteiger partial charge in [0.15, 0.2) is 0 Å². The Morgan fingerprint density at radius 3 is 2.32 bits per heavy atom. The molecule has 0 aliphatic carbocycles. The van der Waals surface area contributed by atoms with E-state index in [0.29, 0.717) is 11.9 Å². The van der Waals surface area contributed by atoms with Gasteiger partial charge in [-0.25, -0.2) is 14.8 Å². The van der Waals surface area contributed by atoms with Crippen LogP contribution in [0.1, 0.15) is 13.8 Å². The van der Waals surface area contributed by atoms with Crippen molar-refractivity contribution >= 4 is 24.5 Å². The molecule has 1 aliphatic rings. The van der Waals surface area contributed by atoms with E-state index < -0.39 is 19.3 Å². The lowest BCUT2D eigenvalue weighted by molar-refractivity contribution is -0.190. The van der Waals surface area contributed by atoms with Crippen LogP contribution in [0.5, 0.6) is 0 Å². The highest BCUT2D eigenvalue weighted by molar-refractivity contribution is 6.61. The van der Waals surface area contributed by atoms with Gasteiger partial charge in [-0.2, -0.15) is 13.2 Å². The third-order valence-electron chi connectivity index (χ3n) is 3.67. The van der Waals surface area contributed by atoms with Crippen molar-refractivity contribution in [3.63, 3.8) is 0 Å². The molecule has 0 atom stereocenters. The third-order valence-corrected chi connectivity index (χ3v) is 3.67.